The van der Waals surface area contributed by atoms with Crippen LogP contribution >= 0.6 is 0 Å². The molecule has 2 aromatic rings. The number of benzene rings is 1. The van der Waals surface area contributed by atoms with Crippen LogP contribution in [0.15, 0.2) is 41.3 Å². The van der Waals surface area contributed by atoms with Crippen molar-refractivity contribution < 1.29 is 13.2 Å². The number of aromatic nitrogens is 2. The Kier molecular flexibility index (Phi) is 6.31. The van der Waals surface area contributed by atoms with E-state index in [9.17, 15) is 13.2 Å². The summed E-state index contributed by atoms with van der Waals surface area (Å²) >= 11 is 0. The number of aryl methyl sites for hydroxylation is 2. The van der Waals surface area contributed by atoms with Gasteiger partial charge < -0.3 is 5.32 Å². The van der Waals surface area contributed by atoms with Gasteiger partial charge in [-0.2, -0.15) is 9.40 Å². The van der Waals surface area contributed by atoms with E-state index in [4.69, 9.17) is 0 Å². The number of nitrogens with zero attached hydrogens (tertiary/aromatic N) is 3. The average Bonchev–Trinajstić information content (AvgIpc) is 2.87. The average molecular weight is 403 g/mol. The smallest absolute Gasteiger partial charge is 0.249 e. The molecule has 1 aliphatic rings. The van der Waals surface area contributed by atoms with Crippen molar-refractivity contribution in [1.29, 1.82) is 0 Å². The third-order valence-electron chi connectivity index (χ3n) is 4.76. The monoisotopic (exact) mass is 402 g/mol. The second-order valence-electron chi connectivity index (χ2n) is 7.00. The minimum Gasteiger partial charge on any atom is -0.307 e. The molecule has 150 valence electrons. The molecule has 1 aliphatic heterocycles. The van der Waals surface area contributed by atoms with Gasteiger partial charge in [-0.1, -0.05) is 25.0 Å². The molecule has 0 radical (unpaired) electrons. The molecule has 1 saturated heterocycles. The van der Waals surface area contributed by atoms with Crippen LogP contribution in [0, 0.1) is 6.92 Å². The summed E-state index contributed by atoms with van der Waals surface area (Å²) in [5.41, 5.74) is 1.58. The molecule has 1 aromatic carbocycles. The third-order valence-corrected chi connectivity index (χ3v) is 6.68. The maximum Gasteiger partial charge on any atom is 0.249 e. The van der Waals surface area contributed by atoms with Crippen molar-refractivity contribution >= 4 is 27.8 Å². The van der Waals surface area contributed by atoms with Crippen LogP contribution in [0.3, 0.4) is 0 Å². The summed E-state index contributed by atoms with van der Waals surface area (Å²) in [4.78, 5) is 12.4. The fraction of sp³-hybridized carbons (Fsp3) is 0.400. The van der Waals surface area contributed by atoms with Crippen LogP contribution in [0.25, 0.3) is 6.08 Å². The number of amides is 1. The Bertz CT molecular complexity index is 954. The van der Waals surface area contributed by atoms with Gasteiger partial charge in [0.2, 0.25) is 15.9 Å². The minimum absolute atomic E-state index is 0.274. The van der Waals surface area contributed by atoms with Crippen molar-refractivity contribution in [2.24, 2.45) is 7.05 Å². The Balaban J connectivity index is 1.65. The van der Waals surface area contributed by atoms with E-state index < -0.39 is 10.0 Å². The highest BCUT2D eigenvalue weighted by Gasteiger charge is 2.24. The fourth-order valence-corrected chi connectivity index (χ4v) is 4.77. The van der Waals surface area contributed by atoms with Crippen molar-refractivity contribution in [3.05, 3.63) is 47.7 Å². The van der Waals surface area contributed by atoms with Gasteiger partial charge in [0.15, 0.2) is 0 Å². The number of hydrogen-bond donors (Lipinski definition) is 1. The second-order valence-corrected chi connectivity index (χ2v) is 8.94. The number of carbonyl (C=O) groups excluding carboxylic acids is 1. The van der Waals surface area contributed by atoms with Crippen LogP contribution in [0.1, 0.15) is 36.9 Å². The molecule has 28 heavy (non-hydrogen) atoms. The van der Waals surface area contributed by atoms with Gasteiger partial charge in [0.05, 0.1) is 10.6 Å². The number of anilines is 1. The first-order valence-corrected chi connectivity index (χ1v) is 10.9. The van der Waals surface area contributed by atoms with E-state index in [1.165, 1.54) is 6.08 Å². The molecule has 0 bridgehead atoms. The van der Waals surface area contributed by atoms with E-state index >= 15 is 0 Å². The Labute approximate surface area is 166 Å². The van der Waals surface area contributed by atoms with Gasteiger partial charge in [0.1, 0.15) is 5.82 Å². The van der Waals surface area contributed by atoms with E-state index in [-0.39, 0.29) is 5.91 Å². The molecule has 0 saturated carbocycles. The first-order valence-electron chi connectivity index (χ1n) is 9.46. The first-order chi connectivity index (χ1) is 13.4. The predicted octanol–water partition coefficient (Wildman–Crippen LogP) is 2.95. The zero-order chi connectivity index (χ0) is 20.1. The van der Waals surface area contributed by atoms with E-state index in [2.05, 4.69) is 10.4 Å². The maximum absolute atomic E-state index is 12.8. The molecule has 0 spiro atoms. The van der Waals surface area contributed by atoms with Gasteiger partial charge >= 0.3 is 0 Å². The molecule has 1 fully saturated rings. The molecule has 2 heterocycles. The van der Waals surface area contributed by atoms with Crippen LogP contribution in [-0.4, -0.2) is 41.5 Å². The van der Waals surface area contributed by atoms with E-state index in [1.807, 2.05) is 6.92 Å². The van der Waals surface area contributed by atoms with Gasteiger partial charge in [-0.3, -0.25) is 9.48 Å². The largest absolute Gasteiger partial charge is 0.307 e. The summed E-state index contributed by atoms with van der Waals surface area (Å²) in [5, 5.41) is 6.93. The summed E-state index contributed by atoms with van der Waals surface area (Å²) in [6.07, 6.45) is 7.05. The Morgan fingerprint density at radius 3 is 2.32 bits per heavy atom. The van der Waals surface area contributed by atoms with Gasteiger partial charge in [-0.25, -0.2) is 8.42 Å². The molecular weight excluding hydrogens is 376 g/mol. The molecule has 1 N–H and O–H groups in total. The van der Waals surface area contributed by atoms with Crippen LogP contribution in [-0.2, 0) is 21.9 Å². The molecule has 0 atom stereocenters. The van der Waals surface area contributed by atoms with Crippen molar-refractivity contribution in [2.75, 3.05) is 18.4 Å². The van der Waals surface area contributed by atoms with Gasteiger partial charge in [-0.15, -0.1) is 0 Å². The molecule has 7 nitrogen and oxygen atoms in total. The molecular formula is C20H26N4O3S. The van der Waals surface area contributed by atoms with E-state index in [0.29, 0.717) is 23.8 Å². The Morgan fingerprint density at radius 1 is 1.11 bits per heavy atom. The van der Waals surface area contributed by atoms with Crippen LogP contribution in [0.4, 0.5) is 5.82 Å². The second kappa shape index (κ2) is 8.70. The first kappa shape index (κ1) is 20.3. The highest BCUT2D eigenvalue weighted by atomic mass is 32.2. The molecule has 1 amide bonds. The summed E-state index contributed by atoms with van der Waals surface area (Å²) < 4.78 is 28.8. The number of sulfonamides is 1. The lowest BCUT2D eigenvalue weighted by atomic mass is 10.2. The zero-order valence-electron chi connectivity index (χ0n) is 16.3. The molecule has 1 aromatic heterocycles. The van der Waals surface area contributed by atoms with Gasteiger partial charge in [-0.05, 0) is 43.5 Å². The lowest BCUT2D eigenvalue weighted by molar-refractivity contribution is -0.111. The highest BCUT2D eigenvalue weighted by molar-refractivity contribution is 7.89. The van der Waals surface area contributed by atoms with E-state index in [1.54, 1.807) is 52.4 Å². The molecule has 8 heteroatoms. The third kappa shape index (κ3) is 4.88. The standard InChI is InChI=1S/C20H26N4O3S/c1-16-15-19(23(2)22-16)21-20(25)12-9-17-7-10-18(11-8-17)28(26,27)24-13-5-3-4-6-14-24/h7-12,15H,3-6,13-14H2,1-2H3,(H,21,25)/b12-9+. The molecule has 0 aliphatic carbocycles. The van der Waals surface area contributed by atoms with Crippen molar-refractivity contribution in [1.82, 2.24) is 14.1 Å². The number of hydrogen-bond acceptors (Lipinski definition) is 4. The van der Waals surface area contributed by atoms with Gasteiger partial charge in [0.25, 0.3) is 0 Å². The fourth-order valence-electron chi connectivity index (χ4n) is 3.25. The Hall–Kier alpha value is -2.45. The zero-order valence-corrected chi connectivity index (χ0v) is 17.1. The molecule has 3 rings (SSSR count). The summed E-state index contributed by atoms with van der Waals surface area (Å²) in [6.45, 7) is 3.02. The SMILES string of the molecule is Cc1cc(NC(=O)/C=C/c2ccc(S(=O)(=O)N3CCCCCC3)cc2)n(C)n1. The van der Waals surface area contributed by atoms with Crippen molar-refractivity contribution in [3.63, 3.8) is 0 Å². The van der Waals surface area contributed by atoms with Crippen molar-refractivity contribution in [2.45, 2.75) is 37.5 Å². The number of nitrogens with one attached hydrogen (secondary N) is 1. The lowest BCUT2D eigenvalue weighted by Gasteiger charge is -2.19. The lowest BCUT2D eigenvalue weighted by Crippen LogP contribution is -2.31. The quantitative estimate of drug-likeness (QED) is 0.780. The number of carbonyl (C=O) groups is 1. The van der Waals surface area contributed by atoms with Crippen LogP contribution < -0.4 is 5.32 Å². The summed E-state index contributed by atoms with van der Waals surface area (Å²) in [6, 6.07) is 8.41. The maximum atomic E-state index is 12.8. The highest BCUT2D eigenvalue weighted by Crippen LogP contribution is 2.21. The normalized spacial score (nSPS) is 16.2. The summed E-state index contributed by atoms with van der Waals surface area (Å²) in [7, 11) is -1.70. The summed E-state index contributed by atoms with van der Waals surface area (Å²) in [5.74, 6) is 0.343. The molecule has 0 unspecified atom stereocenters. The topological polar surface area (TPSA) is 84.3 Å². The Morgan fingerprint density at radius 2 is 1.75 bits per heavy atom. The van der Waals surface area contributed by atoms with Crippen LogP contribution in [0.2, 0.25) is 0 Å². The van der Waals surface area contributed by atoms with E-state index in [0.717, 1.165) is 36.9 Å². The number of rotatable bonds is 5. The van der Waals surface area contributed by atoms with Crippen LogP contribution in [0.5, 0.6) is 0 Å². The van der Waals surface area contributed by atoms with Gasteiger partial charge in [0, 0.05) is 32.3 Å². The van der Waals surface area contributed by atoms with Crippen molar-refractivity contribution in [3.8, 4) is 0 Å². The predicted molar refractivity (Wildman–Crippen MR) is 109 cm³/mol. The minimum atomic E-state index is -3.46.